The van der Waals surface area contributed by atoms with Crippen molar-refractivity contribution >= 4 is 12.0 Å². The molecule has 2 N–H and O–H groups in total. The molecule has 6 heteroatoms. The topological polar surface area (TPSA) is 91.2 Å². The Kier molecular flexibility index (Phi) is 8.98. The molecule has 0 aliphatic carbocycles. The minimum absolute atomic E-state index is 0.0843. The number of nitrogens with zero attached hydrogens (tertiary/aromatic N) is 1. The number of hydrogen-bond acceptors (Lipinski definition) is 4. The van der Waals surface area contributed by atoms with E-state index in [-0.39, 0.29) is 19.1 Å². The lowest BCUT2D eigenvalue weighted by Crippen LogP contribution is -2.47. The van der Waals surface area contributed by atoms with Crippen LogP contribution in [-0.2, 0) is 16.1 Å². The predicted molar refractivity (Wildman–Crippen MR) is 90.9 cm³/mol. The van der Waals surface area contributed by atoms with Crippen LogP contribution >= 0.6 is 0 Å². The van der Waals surface area contributed by atoms with Gasteiger partial charge in [-0.05, 0) is 17.9 Å². The molecule has 0 bridgehead atoms. The number of rotatable bonds is 9. The first-order chi connectivity index (χ1) is 11.6. The highest BCUT2D eigenvalue weighted by Crippen LogP contribution is 2.15. The summed E-state index contributed by atoms with van der Waals surface area (Å²) >= 11 is 0. The first-order valence-electron chi connectivity index (χ1n) is 8.22. The molecule has 2 amide bonds. The third-order valence-corrected chi connectivity index (χ3v) is 3.89. The molecule has 0 fully saturated rings. The zero-order valence-corrected chi connectivity index (χ0v) is 14.2. The molecular formula is C18H25N3O3. The van der Waals surface area contributed by atoms with Gasteiger partial charge in [-0.1, -0.05) is 57.0 Å². The van der Waals surface area contributed by atoms with Crippen molar-refractivity contribution in [1.82, 2.24) is 10.6 Å². The van der Waals surface area contributed by atoms with E-state index in [2.05, 4.69) is 10.6 Å². The number of alkyl carbamates (subject to hydrolysis) is 1. The number of hydrogen-bond donors (Lipinski definition) is 2. The fourth-order valence-corrected chi connectivity index (χ4v) is 2.34. The van der Waals surface area contributed by atoms with Crippen molar-refractivity contribution < 1.29 is 14.3 Å². The summed E-state index contributed by atoms with van der Waals surface area (Å²) in [7, 11) is 0. The van der Waals surface area contributed by atoms with Crippen LogP contribution in [0, 0.1) is 17.2 Å². The molecule has 24 heavy (non-hydrogen) atoms. The largest absolute Gasteiger partial charge is 0.445 e. The molecule has 0 aliphatic heterocycles. The second-order valence-electron chi connectivity index (χ2n) is 5.55. The Morgan fingerprint density at radius 1 is 1.21 bits per heavy atom. The Bertz CT molecular complexity index is 550. The Labute approximate surface area is 143 Å². The van der Waals surface area contributed by atoms with Gasteiger partial charge in [0.25, 0.3) is 0 Å². The average molecular weight is 331 g/mol. The molecule has 1 unspecified atom stereocenters. The summed E-state index contributed by atoms with van der Waals surface area (Å²) in [6, 6.07) is 10.5. The normalized spacial score (nSPS) is 11.4. The van der Waals surface area contributed by atoms with E-state index in [1.54, 1.807) is 0 Å². The van der Waals surface area contributed by atoms with Crippen LogP contribution in [0.5, 0.6) is 0 Å². The van der Waals surface area contributed by atoms with Crippen molar-refractivity contribution in [3.8, 4) is 6.07 Å². The molecule has 6 nitrogen and oxygen atoms in total. The molecule has 0 aliphatic rings. The van der Waals surface area contributed by atoms with Crippen LogP contribution in [0.15, 0.2) is 30.3 Å². The fraction of sp³-hybridized carbons (Fsp3) is 0.500. The lowest BCUT2D eigenvalue weighted by Gasteiger charge is -2.22. The highest BCUT2D eigenvalue weighted by atomic mass is 16.5. The molecule has 1 aromatic rings. The van der Waals surface area contributed by atoms with Gasteiger partial charge in [0.05, 0.1) is 6.07 Å². The minimum atomic E-state index is -0.702. The maximum absolute atomic E-state index is 12.1. The highest BCUT2D eigenvalue weighted by Gasteiger charge is 2.24. The summed E-state index contributed by atoms with van der Waals surface area (Å²) in [6.45, 7) is 4.15. The second-order valence-corrected chi connectivity index (χ2v) is 5.55. The molecule has 1 atom stereocenters. The summed E-state index contributed by atoms with van der Waals surface area (Å²) in [5, 5.41) is 13.7. The molecule has 0 radical (unpaired) electrons. The molecule has 0 heterocycles. The molecule has 0 aromatic heterocycles. The standard InChI is InChI=1S/C18H25N3O3/c1-3-14(4-2)12-16(17(22)20-11-10-19)21-18(23)24-13-15-8-6-5-7-9-15/h5-9,14,16H,3-4,11-13H2,1-2H3,(H,20,22)(H,21,23). The van der Waals surface area contributed by atoms with Gasteiger partial charge >= 0.3 is 6.09 Å². The summed E-state index contributed by atoms with van der Waals surface area (Å²) in [5.41, 5.74) is 0.873. The Morgan fingerprint density at radius 3 is 2.46 bits per heavy atom. The second kappa shape index (κ2) is 11.1. The van der Waals surface area contributed by atoms with E-state index >= 15 is 0 Å². The van der Waals surface area contributed by atoms with Gasteiger partial charge in [0, 0.05) is 0 Å². The van der Waals surface area contributed by atoms with Crippen molar-refractivity contribution in [2.75, 3.05) is 6.54 Å². The lowest BCUT2D eigenvalue weighted by atomic mass is 9.94. The van der Waals surface area contributed by atoms with Gasteiger partial charge in [-0.3, -0.25) is 4.79 Å². The first kappa shape index (κ1) is 19.5. The third-order valence-electron chi connectivity index (χ3n) is 3.89. The van der Waals surface area contributed by atoms with Gasteiger partial charge in [0.1, 0.15) is 19.2 Å². The van der Waals surface area contributed by atoms with Gasteiger partial charge < -0.3 is 15.4 Å². The molecule has 0 saturated carbocycles. The number of nitriles is 1. The maximum Gasteiger partial charge on any atom is 0.408 e. The molecule has 1 rings (SSSR count). The summed E-state index contributed by atoms with van der Waals surface area (Å²) in [5.74, 6) is -0.0441. The number of amides is 2. The van der Waals surface area contributed by atoms with Crippen LogP contribution in [0.4, 0.5) is 4.79 Å². The Balaban J connectivity index is 2.59. The van der Waals surface area contributed by atoms with E-state index in [0.29, 0.717) is 12.3 Å². The van der Waals surface area contributed by atoms with E-state index in [0.717, 1.165) is 18.4 Å². The van der Waals surface area contributed by atoms with E-state index in [9.17, 15) is 9.59 Å². The van der Waals surface area contributed by atoms with Gasteiger partial charge in [0.2, 0.25) is 5.91 Å². The zero-order chi connectivity index (χ0) is 17.8. The molecule has 130 valence electrons. The summed E-state index contributed by atoms with van der Waals surface area (Å²) < 4.78 is 5.17. The van der Waals surface area contributed by atoms with Crippen LogP contribution in [-0.4, -0.2) is 24.6 Å². The number of benzene rings is 1. The quantitative estimate of drug-likeness (QED) is 0.681. The Hall–Kier alpha value is -2.55. The summed E-state index contributed by atoms with van der Waals surface area (Å²) in [4.78, 5) is 24.1. The number of ether oxygens (including phenoxy) is 1. The van der Waals surface area contributed by atoms with Crippen LogP contribution in [0.3, 0.4) is 0 Å². The SMILES string of the molecule is CCC(CC)CC(NC(=O)OCc1ccccc1)C(=O)NCC#N. The van der Waals surface area contributed by atoms with E-state index in [1.807, 2.05) is 50.2 Å². The average Bonchev–Trinajstić information content (AvgIpc) is 2.62. The van der Waals surface area contributed by atoms with Crippen molar-refractivity contribution in [1.29, 1.82) is 5.26 Å². The van der Waals surface area contributed by atoms with Gasteiger partial charge in [-0.2, -0.15) is 5.26 Å². The summed E-state index contributed by atoms with van der Waals surface area (Å²) in [6.07, 6.45) is 1.71. The number of carbonyl (C=O) groups is 2. The van der Waals surface area contributed by atoms with Crippen LogP contribution in [0.1, 0.15) is 38.7 Å². The van der Waals surface area contributed by atoms with Crippen LogP contribution in [0.2, 0.25) is 0 Å². The number of nitrogens with one attached hydrogen (secondary N) is 2. The highest BCUT2D eigenvalue weighted by molar-refractivity contribution is 5.85. The van der Waals surface area contributed by atoms with E-state index in [4.69, 9.17) is 10.00 Å². The Morgan fingerprint density at radius 2 is 1.88 bits per heavy atom. The lowest BCUT2D eigenvalue weighted by molar-refractivity contribution is -0.123. The van der Waals surface area contributed by atoms with Crippen LogP contribution in [0.25, 0.3) is 0 Å². The first-order valence-corrected chi connectivity index (χ1v) is 8.22. The van der Waals surface area contributed by atoms with Crippen molar-refractivity contribution in [2.45, 2.75) is 45.8 Å². The molecule has 0 saturated heterocycles. The van der Waals surface area contributed by atoms with Gasteiger partial charge in [0.15, 0.2) is 0 Å². The third kappa shape index (κ3) is 7.14. The molecule has 0 spiro atoms. The maximum atomic E-state index is 12.1. The minimum Gasteiger partial charge on any atom is -0.445 e. The van der Waals surface area contributed by atoms with Crippen molar-refractivity contribution in [3.05, 3.63) is 35.9 Å². The van der Waals surface area contributed by atoms with Gasteiger partial charge in [-0.25, -0.2) is 4.79 Å². The fourth-order valence-electron chi connectivity index (χ4n) is 2.34. The molecule has 1 aromatic carbocycles. The monoisotopic (exact) mass is 331 g/mol. The predicted octanol–water partition coefficient (Wildman–Crippen LogP) is 2.75. The van der Waals surface area contributed by atoms with E-state index in [1.165, 1.54) is 0 Å². The van der Waals surface area contributed by atoms with Crippen LogP contribution < -0.4 is 10.6 Å². The van der Waals surface area contributed by atoms with Crippen molar-refractivity contribution in [3.63, 3.8) is 0 Å². The smallest absolute Gasteiger partial charge is 0.408 e. The molecular weight excluding hydrogens is 306 g/mol. The van der Waals surface area contributed by atoms with Crippen molar-refractivity contribution in [2.24, 2.45) is 5.92 Å². The zero-order valence-electron chi connectivity index (χ0n) is 14.2. The van der Waals surface area contributed by atoms with E-state index < -0.39 is 12.1 Å². The van der Waals surface area contributed by atoms with Gasteiger partial charge in [-0.15, -0.1) is 0 Å². The number of carbonyl (C=O) groups excluding carboxylic acids is 2.